The topological polar surface area (TPSA) is 53.6 Å². The Kier molecular flexibility index (Phi) is 5.80. The summed E-state index contributed by atoms with van der Waals surface area (Å²) < 4.78 is 18.7. The lowest BCUT2D eigenvalue weighted by atomic mass is 10.1. The second-order valence-electron chi connectivity index (χ2n) is 6.58. The second kappa shape index (κ2) is 9.01. The first-order valence-electron chi connectivity index (χ1n) is 9.53. The first-order valence-corrected chi connectivity index (χ1v) is 9.53. The third kappa shape index (κ3) is 4.52. The summed E-state index contributed by atoms with van der Waals surface area (Å²) >= 11 is 0. The molecule has 0 fully saturated rings. The molecule has 4 rings (SSSR count). The van der Waals surface area contributed by atoms with Crippen molar-refractivity contribution in [2.24, 2.45) is 0 Å². The van der Waals surface area contributed by atoms with Crippen LogP contribution in [0.5, 0.6) is 11.5 Å². The minimum atomic E-state index is -0.0905. The van der Waals surface area contributed by atoms with Crippen molar-refractivity contribution in [2.75, 3.05) is 7.11 Å². The molecule has 0 saturated heterocycles. The van der Waals surface area contributed by atoms with Crippen LogP contribution in [-0.4, -0.2) is 17.5 Å². The third-order valence-electron chi connectivity index (χ3n) is 4.55. The number of benzene rings is 2. The fourth-order valence-corrected chi connectivity index (χ4v) is 3.03. The highest BCUT2D eigenvalue weighted by Crippen LogP contribution is 2.27. The zero-order valence-electron chi connectivity index (χ0n) is 16.5. The number of methoxy groups -OCH3 is 1. The molecule has 0 aliphatic carbocycles. The van der Waals surface area contributed by atoms with E-state index in [1.54, 1.807) is 25.3 Å². The third-order valence-corrected chi connectivity index (χ3v) is 4.55. The van der Waals surface area contributed by atoms with Crippen molar-refractivity contribution in [3.05, 3.63) is 108 Å². The van der Waals surface area contributed by atoms with E-state index in [0.29, 0.717) is 28.6 Å². The van der Waals surface area contributed by atoms with Crippen LogP contribution in [-0.2, 0) is 6.61 Å². The van der Waals surface area contributed by atoms with Gasteiger partial charge in [-0.1, -0.05) is 24.3 Å². The van der Waals surface area contributed by atoms with Crippen LogP contribution < -0.4 is 9.47 Å². The normalized spacial score (nSPS) is 11.0. The second-order valence-corrected chi connectivity index (χ2v) is 6.58. The van der Waals surface area contributed by atoms with Crippen LogP contribution in [0.3, 0.4) is 0 Å². The molecule has 0 atom stereocenters. The van der Waals surface area contributed by atoms with Crippen LogP contribution in [0.2, 0.25) is 0 Å². The number of allylic oxidation sites excluding steroid dienone is 1. The highest BCUT2D eigenvalue weighted by molar-refractivity contribution is 6.06. The number of carbonyl (C=O) groups excluding carboxylic acids is 1. The number of ketones is 1. The molecule has 0 unspecified atom stereocenters. The fourth-order valence-electron chi connectivity index (χ4n) is 3.03. The number of rotatable bonds is 8. The summed E-state index contributed by atoms with van der Waals surface area (Å²) in [4.78, 5) is 12.6. The Morgan fingerprint density at radius 3 is 2.57 bits per heavy atom. The van der Waals surface area contributed by atoms with Gasteiger partial charge >= 0.3 is 0 Å². The zero-order chi connectivity index (χ0) is 20.8. The van der Waals surface area contributed by atoms with E-state index in [1.807, 2.05) is 77.6 Å². The summed E-state index contributed by atoms with van der Waals surface area (Å²) in [5, 5.41) is 0. The molecule has 5 heteroatoms. The van der Waals surface area contributed by atoms with Gasteiger partial charge in [-0.3, -0.25) is 4.79 Å². The Bertz CT molecular complexity index is 1160. The maximum atomic E-state index is 12.6. The quantitative estimate of drug-likeness (QED) is 0.288. The average Bonchev–Trinajstić information content (AvgIpc) is 3.48. The minimum absolute atomic E-state index is 0.0905. The molecule has 0 aliphatic rings. The first-order chi connectivity index (χ1) is 14.7. The Morgan fingerprint density at radius 1 is 0.967 bits per heavy atom. The van der Waals surface area contributed by atoms with Crippen molar-refractivity contribution in [3.8, 4) is 17.2 Å². The Labute approximate surface area is 174 Å². The number of nitrogens with zero attached hydrogens (tertiary/aromatic N) is 1. The summed E-state index contributed by atoms with van der Waals surface area (Å²) in [6.45, 7) is 0.265. The van der Waals surface area contributed by atoms with Crippen molar-refractivity contribution >= 4 is 11.9 Å². The van der Waals surface area contributed by atoms with Crippen LogP contribution >= 0.6 is 0 Å². The van der Waals surface area contributed by atoms with Crippen molar-refractivity contribution in [1.29, 1.82) is 0 Å². The molecule has 2 heterocycles. The highest BCUT2D eigenvalue weighted by Gasteiger charge is 2.07. The first kappa shape index (κ1) is 19.3. The molecule has 0 N–H and O–H groups in total. The molecule has 150 valence electrons. The maximum Gasteiger partial charge on any atom is 0.186 e. The van der Waals surface area contributed by atoms with Crippen LogP contribution in [0, 0.1) is 0 Å². The molecular formula is C25H21NO4. The predicted molar refractivity (Wildman–Crippen MR) is 115 cm³/mol. The van der Waals surface area contributed by atoms with Gasteiger partial charge < -0.3 is 18.5 Å². The van der Waals surface area contributed by atoms with Gasteiger partial charge in [-0.2, -0.15) is 0 Å². The molecular weight excluding hydrogens is 378 g/mol. The molecule has 0 bridgehead atoms. The van der Waals surface area contributed by atoms with Crippen molar-refractivity contribution < 1.29 is 18.7 Å². The number of para-hydroxylation sites is 2. The van der Waals surface area contributed by atoms with E-state index in [2.05, 4.69) is 0 Å². The number of aromatic nitrogens is 1. The van der Waals surface area contributed by atoms with Gasteiger partial charge in [0.2, 0.25) is 0 Å². The number of hydrogen-bond acceptors (Lipinski definition) is 4. The van der Waals surface area contributed by atoms with Crippen LogP contribution in [0.1, 0.15) is 21.9 Å². The summed E-state index contributed by atoms with van der Waals surface area (Å²) in [7, 11) is 1.60. The summed E-state index contributed by atoms with van der Waals surface area (Å²) in [6.07, 6.45) is 7.06. The largest absolute Gasteiger partial charge is 0.493 e. The highest BCUT2D eigenvalue weighted by atomic mass is 16.5. The van der Waals surface area contributed by atoms with E-state index < -0.39 is 0 Å². The van der Waals surface area contributed by atoms with Gasteiger partial charge in [0, 0.05) is 23.6 Å². The van der Waals surface area contributed by atoms with Gasteiger partial charge in [0.15, 0.2) is 17.3 Å². The van der Waals surface area contributed by atoms with Gasteiger partial charge in [-0.05, 0) is 60.7 Å². The van der Waals surface area contributed by atoms with E-state index in [1.165, 1.54) is 6.08 Å². The summed E-state index contributed by atoms with van der Waals surface area (Å²) in [5.41, 5.74) is 1.55. The number of carbonyl (C=O) groups is 1. The molecule has 2 aromatic carbocycles. The summed E-state index contributed by atoms with van der Waals surface area (Å²) in [5.74, 6) is 2.46. The molecule has 0 spiro atoms. The van der Waals surface area contributed by atoms with Crippen molar-refractivity contribution in [2.45, 2.75) is 6.61 Å². The summed E-state index contributed by atoms with van der Waals surface area (Å²) in [6, 6.07) is 22.4. The Hall–Kier alpha value is -3.99. The van der Waals surface area contributed by atoms with Crippen LogP contribution in [0.15, 0.2) is 95.7 Å². The number of ether oxygens (including phenoxy) is 2. The van der Waals surface area contributed by atoms with Crippen molar-refractivity contribution in [3.63, 3.8) is 0 Å². The van der Waals surface area contributed by atoms with Gasteiger partial charge in [-0.25, -0.2) is 0 Å². The molecule has 2 aromatic heterocycles. The number of hydrogen-bond donors (Lipinski definition) is 0. The molecule has 0 amide bonds. The van der Waals surface area contributed by atoms with E-state index in [0.717, 1.165) is 5.69 Å². The van der Waals surface area contributed by atoms with E-state index in [9.17, 15) is 4.79 Å². The lowest BCUT2D eigenvalue weighted by Gasteiger charge is -2.08. The van der Waals surface area contributed by atoms with E-state index in [4.69, 9.17) is 13.9 Å². The molecule has 0 aliphatic heterocycles. The van der Waals surface area contributed by atoms with Crippen LogP contribution in [0.25, 0.3) is 11.8 Å². The lowest BCUT2D eigenvalue weighted by Crippen LogP contribution is -1.97. The maximum absolute atomic E-state index is 12.6. The monoisotopic (exact) mass is 399 g/mol. The average molecular weight is 399 g/mol. The molecule has 0 radical (unpaired) electrons. The lowest BCUT2D eigenvalue weighted by molar-refractivity contribution is 0.104. The molecule has 4 aromatic rings. The molecule has 5 nitrogen and oxygen atoms in total. The van der Waals surface area contributed by atoms with Crippen molar-refractivity contribution in [1.82, 2.24) is 4.57 Å². The van der Waals surface area contributed by atoms with Gasteiger partial charge in [0.1, 0.15) is 18.1 Å². The molecule has 30 heavy (non-hydrogen) atoms. The predicted octanol–water partition coefficient (Wildman–Crippen LogP) is 5.55. The standard InChI is InChI=1S/C25H21NO4/c1-28-24-9-2-3-10-25(24)29-18-22-12-11-21(30-22)13-14-23(27)19-7-6-8-20(17-19)26-15-4-5-16-26/h2-17H,18H2,1H3/b14-13+. The van der Waals surface area contributed by atoms with E-state index >= 15 is 0 Å². The van der Waals surface area contributed by atoms with E-state index in [-0.39, 0.29) is 12.4 Å². The Morgan fingerprint density at radius 2 is 1.77 bits per heavy atom. The van der Waals surface area contributed by atoms with Gasteiger partial charge in [-0.15, -0.1) is 0 Å². The van der Waals surface area contributed by atoms with Gasteiger partial charge in [0.05, 0.1) is 7.11 Å². The fraction of sp³-hybridized carbons (Fsp3) is 0.0800. The number of furan rings is 1. The van der Waals surface area contributed by atoms with Crippen LogP contribution in [0.4, 0.5) is 0 Å². The minimum Gasteiger partial charge on any atom is -0.493 e. The SMILES string of the molecule is COc1ccccc1OCc1ccc(/C=C/C(=O)c2cccc(-n3cccc3)c2)o1. The Balaban J connectivity index is 1.40. The van der Waals surface area contributed by atoms with Gasteiger partial charge in [0.25, 0.3) is 0 Å². The zero-order valence-corrected chi connectivity index (χ0v) is 16.5. The molecule has 0 saturated carbocycles. The smallest absolute Gasteiger partial charge is 0.186 e.